The number of carbonyl (C=O) groups is 2. The van der Waals surface area contributed by atoms with Crippen molar-refractivity contribution in [2.75, 3.05) is 0 Å². The summed E-state index contributed by atoms with van der Waals surface area (Å²) in [4.78, 5) is 26.5. The summed E-state index contributed by atoms with van der Waals surface area (Å²) >= 11 is 1.07. The van der Waals surface area contributed by atoms with Crippen LogP contribution in [0.2, 0.25) is 0 Å². The van der Waals surface area contributed by atoms with Crippen molar-refractivity contribution in [3.8, 4) is 0 Å². The molecule has 1 amide bonds. The number of carboxylic acid groups (broad SMARTS) is 1. The van der Waals surface area contributed by atoms with Gasteiger partial charge in [-0.05, 0) is 19.1 Å². The normalized spacial score (nSPS) is 12.0. The summed E-state index contributed by atoms with van der Waals surface area (Å²) in [6.45, 7) is 1.60. The lowest BCUT2D eigenvalue weighted by Crippen LogP contribution is -2.26. The van der Waals surface area contributed by atoms with Gasteiger partial charge in [0.25, 0.3) is 5.91 Å². The van der Waals surface area contributed by atoms with Crippen LogP contribution in [0.1, 0.15) is 38.8 Å². The Hall–Kier alpha value is -2.35. The fraction of sp³-hybridized carbons (Fsp3) is 0.154. The highest BCUT2D eigenvalue weighted by molar-refractivity contribution is 7.09. The molecule has 0 radical (unpaired) electrons. The van der Waals surface area contributed by atoms with Crippen LogP contribution in [0, 0.1) is 11.6 Å². The molecule has 8 heteroatoms. The zero-order valence-corrected chi connectivity index (χ0v) is 11.6. The molecule has 0 spiro atoms. The topological polar surface area (TPSA) is 79.3 Å². The van der Waals surface area contributed by atoms with E-state index in [0.29, 0.717) is 11.1 Å². The number of halogens is 2. The number of aromatic carboxylic acids is 1. The number of rotatable bonds is 4. The molecule has 0 aliphatic carbocycles. The van der Waals surface area contributed by atoms with Crippen LogP contribution in [0.25, 0.3) is 0 Å². The van der Waals surface area contributed by atoms with E-state index in [4.69, 9.17) is 5.11 Å². The second-order valence-electron chi connectivity index (χ2n) is 4.23. The lowest BCUT2D eigenvalue weighted by molar-refractivity contribution is 0.0691. The molecule has 0 fully saturated rings. The van der Waals surface area contributed by atoms with E-state index in [2.05, 4.69) is 10.3 Å². The molecule has 1 unspecified atom stereocenters. The van der Waals surface area contributed by atoms with Gasteiger partial charge in [-0.3, -0.25) is 4.79 Å². The van der Waals surface area contributed by atoms with Crippen LogP contribution in [0.4, 0.5) is 8.78 Å². The first-order valence-corrected chi connectivity index (χ1v) is 6.70. The van der Waals surface area contributed by atoms with E-state index in [1.165, 1.54) is 5.38 Å². The van der Waals surface area contributed by atoms with E-state index in [9.17, 15) is 18.4 Å². The number of nitrogens with one attached hydrogen (secondary N) is 1. The fourth-order valence-corrected chi connectivity index (χ4v) is 2.41. The minimum absolute atomic E-state index is 0.118. The molecule has 5 nitrogen and oxygen atoms in total. The Bertz CT molecular complexity index is 682. The Kier molecular flexibility index (Phi) is 4.27. The largest absolute Gasteiger partial charge is 0.476 e. The molecule has 2 aromatic rings. The van der Waals surface area contributed by atoms with Gasteiger partial charge in [0.2, 0.25) is 0 Å². The number of hydrogen-bond acceptors (Lipinski definition) is 4. The van der Waals surface area contributed by atoms with E-state index >= 15 is 0 Å². The maximum atomic E-state index is 13.0. The third-order valence-electron chi connectivity index (χ3n) is 2.58. The van der Waals surface area contributed by atoms with Crippen LogP contribution in [0.3, 0.4) is 0 Å². The predicted molar refractivity (Wildman–Crippen MR) is 71.3 cm³/mol. The van der Waals surface area contributed by atoms with E-state index in [1.807, 2.05) is 0 Å². The number of nitrogens with zero attached hydrogens (tertiary/aromatic N) is 1. The second-order valence-corrected chi connectivity index (χ2v) is 5.12. The summed E-state index contributed by atoms with van der Waals surface area (Å²) in [6, 6.07) is 1.91. The fourth-order valence-electron chi connectivity index (χ4n) is 1.61. The van der Waals surface area contributed by atoms with Crippen molar-refractivity contribution in [3.05, 3.63) is 51.5 Å². The molecule has 2 rings (SSSR count). The van der Waals surface area contributed by atoms with Crippen molar-refractivity contribution in [2.24, 2.45) is 0 Å². The molecule has 1 heterocycles. The SMILES string of the molecule is CC(NC(=O)c1cc(F)cc(F)c1)c1nc(C(=O)O)cs1. The van der Waals surface area contributed by atoms with Gasteiger partial charge in [-0.25, -0.2) is 18.6 Å². The minimum atomic E-state index is -1.16. The van der Waals surface area contributed by atoms with Gasteiger partial charge in [0.05, 0.1) is 6.04 Å². The van der Waals surface area contributed by atoms with Crippen LogP contribution in [0.15, 0.2) is 23.6 Å². The zero-order valence-electron chi connectivity index (χ0n) is 10.8. The number of amides is 1. The standard InChI is InChI=1S/C13H10F2N2O3S/c1-6(12-17-10(5-21-12)13(19)20)16-11(18)7-2-8(14)4-9(15)3-7/h2-6H,1H3,(H,16,18)(H,19,20). The van der Waals surface area contributed by atoms with Crippen LogP contribution in [0.5, 0.6) is 0 Å². The molecule has 1 aromatic heterocycles. The Morgan fingerprint density at radius 2 is 1.90 bits per heavy atom. The summed E-state index contributed by atoms with van der Waals surface area (Å²) in [5.41, 5.74) is -0.276. The molecule has 0 saturated carbocycles. The molecule has 21 heavy (non-hydrogen) atoms. The summed E-state index contributed by atoms with van der Waals surface area (Å²) in [7, 11) is 0. The number of carboxylic acids is 1. The summed E-state index contributed by atoms with van der Waals surface area (Å²) in [5, 5.41) is 13.0. The Morgan fingerprint density at radius 1 is 1.29 bits per heavy atom. The van der Waals surface area contributed by atoms with Gasteiger partial charge in [0.15, 0.2) is 5.69 Å². The average molecular weight is 312 g/mol. The number of aromatic nitrogens is 1. The highest BCUT2D eigenvalue weighted by Gasteiger charge is 2.17. The number of carbonyl (C=O) groups excluding carboxylic acids is 1. The van der Waals surface area contributed by atoms with Crippen LogP contribution in [-0.2, 0) is 0 Å². The van der Waals surface area contributed by atoms with Gasteiger partial charge in [0, 0.05) is 17.0 Å². The van der Waals surface area contributed by atoms with E-state index in [0.717, 1.165) is 23.5 Å². The number of benzene rings is 1. The number of hydrogen-bond donors (Lipinski definition) is 2. The monoisotopic (exact) mass is 312 g/mol. The van der Waals surface area contributed by atoms with Crippen molar-refractivity contribution in [1.29, 1.82) is 0 Å². The molecule has 0 saturated heterocycles. The molecular formula is C13H10F2N2O3S. The van der Waals surface area contributed by atoms with Gasteiger partial charge in [0.1, 0.15) is 16.6 Å². The molecule has 1 aromatic carbocycles. The zero-order chi connectivity index (χ0) is 15.6. The highest BCUT2D eigenvalue weighted by Crippen LogP contribution is 2.19. The summed E-state index contributed by atoms with van der Waals surface area (Å²) < 4.78 is 26.1. The van der Waals surface area contributed by atoms with Crippen molar-refractivity contribution in [1.82, 2.24) is 10.3 Å². The lowest BCUT2D eigenvalue weighted by Gasteiger charge is -2.11. The maximum absolute atomic E-state index is 13.0. The second kappa shape index (κ2) is 5.96. The van der Waals surface area contributed by atoms with E-state index in [1.54, 1.807) is 6.92 Å². The van der Waals surface area contributed by atoms with Crippen LogP contribution >= 0.6 is 11.3 Å². The van der Waals surface area contributed by atoms with Gasteiger partial charge in [-0.1, -0.05) is 0 Å². The maximum Gasteiger partial charge on any atom is 0.355 e. The summed E-state index contributed by atoms with van der Waals surface area (Å²) in [6.07, 6.45) is 0. The van der Waals surface area contributed by atoms with Gasteiger partial charge in [-0.15, -0.1) is 11.3 Å². The third-order valence-corrected chi connectivity index (χ3v) is 3.61. The van der Waals surface area contributed by atoms with Crippen molar-refractivity contribution in [3.63, 3.8) is 0 Å². The predicted octanol–water partition coefficient (Wildman–Crippen LogP) is 2.61. The quantitative estimate of drug-likeness (QED) is 0.909. The minimum Gasteiger partial charge on any atom is -0.476 e. The molecular weight excluding hydrogens is 302 g/mol. The van der Waals surface area contributed by atoms with Gasteiger partial charge >= 0.3 is 5.97 Å². The Labute approximate surface area is 122 Å². The van der Waals surface area contributed by atoms with E-state index in [-0.39, 0.29) is 11.3 Å². The van der Waals surface area contributed by atoms with Crippen LogP contribution < -0.4 is 5.32 Å². The molecule has 0 bridgehead atoms. The van der Waals surface area contributed by atoms with Gasteiger partial charge in [-0.2, -0.15) is 0 Å². The average Bonchev–Trinajstić information content (AvgIpc) is 2.87. The Morgan fingerprint density at radius 3 is 2.43 bits per heavy atom. The third kappa shape index (κ3) is 3.60. The van der Waals surface area contributed by atoms with Crippen LogP contribution in [-0.4, -0.2) is 22.0 Å². The van der Waals surface area contributed by atoms with Gasteiger partial charge < -0.3 is 10.4 Å². The first kappa shape index (κ1) is 15.0. The first-order chi connectivity index (χ1) is 9.86. The van der Waals surface area contributed by atoms with E-state index < -0.39 is 29.6 Å². The first-order valence-electron chi connectivity index (χ1n) is 5.82. The number of thiazole rings is 1. The molecule has 110 valence electrons. The lowest BCUT2D eigenvalue weighted by atomic mass is 10.2. The smallest absolute Gasteiger partial charge is 0.355 e. The molecule has 2 N–H and O–H groups in total. The van der Waals surface area contributed by atoms with Crippen molar-refractivity contribution >= 4 is 23.2 Å². The highest BCUT2D eigenvalue weighted by atomic mass is 32.1. The molecule has 0 aliphatic heterocycles. The van der Waals surface area contributed by atoms with Crippen molar-refractivity contribution < 1.29 is 23.5 Å². The molecule has 1 atom stereocenters. The summed E-state index contributed by atoms with van der Waals surface area (Å²) in [5.74, 6) is -3.54. The Balaban J connectivity index is 2.12. The molecule has 0 aliphatic rings. The van der Waals surface area contributed by atoms with Crippen molar-refractivity contribution in [2.45, 2.75) is 13.0 Å².